The molecule has 0 fully saturated rings. The molecular formula is C17H26O2. The van der Waals surface area contributed by atoms with Crippen molar-refractivity contribution in [1.82, 2.24) is 0 Å². The Hall–Kier alpha value is -1.31. The van der Waals surface area contributed by atoms with Gasteiger partial charge in [0, 0.05) is 0 Å². The highest BCUT2D eigenvalue weighted by molar-refractivity contribution is 5.72. The van der Waals surface area contributed by atoms with E-state index in [0.717, 1.165) is 12.0 Å². The summed E-state index contributed by atoms with van der Waals surface area (Å²) in [4.78, 5) is 11.1. The standard InChI is InChI=1S/C17H26O2/c1-3-4-5-6-7-8-9-15-10-12-16(13-11-15)14-17(18)19-2/h10-13H,3-9,14H2,1-2H3. The van der Waals surface area contributed by atoms with Crippen LogP contribution < -0.4 is 0 Å². The summed E-state index contributed by atoms with van der Waals surface area (Å²) < 4.78 is 4.66. The van der Waals surface area contributed by atoms with Crippen LogP contribution in [0.1, 0.15) is 56.6 Å². The maximum Gasteiger partial charge on any atom is 0.309 e. The Morgan fingerprint density at radius 2 is 1.53 bits per heavy atom. The molecule has 0 aliphatic rings. The topological polar surface area (TPSA) is 26.3 Å². The lowest BCUT2D eigenvalue weighted by atomic mass is 10.0. The van der Waals surface area contributed by atoms with Gasteiger partial charge in [0.05, 0.1) is 13.5 Å². The van der Waals surface area contributed by atoms with Gasteiger partial charge in [0.1, 0.15) is 0 Å². The zero-order valence-electron chi connectivity index (χ0n) is 12.3. The molecule has 0 heterocycles. The summed E-state index contributed by atoms with van der Waals surface area (Å²) in [5.41, 5.74) is 2.39. The van der Waals surface area contributed by atoms with Crippen molar-refractivity contribution >= 4 is 5.97 Å². The highest BCUT2D eigenvalue weighted by atomic mass is 16.5. The Morgan fingerprint density at radius 3 is 2.16 bits per heavy atom. The predicted octanol–water partition coefficient (Wildman–Crippen LogP) is 4.31. The second-order valence-electron chi connectivity index (χ2n) is 5.09. The van der Waals surface area contributed by atoms with Crippen molar-refractivity contribution in [3.63, 3.8) is 0 Å². The molecule has 0 radical (unpaired) electrons. The third-order valence-electron chi connectivity index (χ3n) is 3.42. The van der Waals surface area contributed by atoms with Gasteiger partial charge in [-0.05, 0) is 24.0 Å². The second-order valence-corrected chi connectivity index (χ2v) is 5.09. The van der Waals surface area contributed by atoms with Crippen molar-refractivity contribution in [3.05, 3.63) is 35.4 Å². The number of aryl methyl sites for hydroxylation is 1. The Labute approximate surface area is 117 Å². The Balaban J connectivity index is 2.22. The van der Waals surface area contributed by atoms with E-state index < -0.39 is 0 Å². The number of rotatable bonds is 9. The average molecular weight is 262 g/mol. The van der Waals surface area contributed by atoms with Gasteiger partial charge in [-0.25, -0.2) is 0 Å². The Kier molecular flexibility index (Phi) is 7.95. The quantitative estimate of drug-likeness (QED) is 0.490. The van der Waals surface area contributed by atoms with E-state index in [9.17, 15) is 4.79 Å². The average Bonchev–Trinajstić information content (AvgIpc) is 2.44. The fourth-order valence-electron chi connectivity index (χ4n) is 2.17. The van der Waals surface area contributed by atoms with Crippen molar-refractivity contribution in [2.45, 2.75) is 58.3 Å². The van der Waals surface area contributed by atoms with E-state index in [0.29, 0.717) is 6.42 Å². The summed E-state index contributed by atoms with van der Waals surface area (Å²) in [6.45, 7) is 2.25. The minimum Gasteiger partial charge on any atom is -0.469 e. The number of carbonyl (C=O) groups is 1. The molecule has 1 rings (SSSR count). The maximum absolute atomic E-state index is 11.1. The van der Waals surface area contributed by atoms with E-state index in [2.05, 4.69) is 23.8 Å². The molecule has 0 aliphatic carbocycles. The van der Waals surface area contributed by atoms with E-state index in [1.54, 1.807) is 0 Å². The lowest BCUT2D eigenvalue weighted by Gasteiger charge is -2.04. The Morgan fingerprint density at radius 1 is 0.947 bits per heavy atom. The molecule has 0 bridgehead atoms. The molecule has 0 atom stereocenters. The molecule has 19 heavy (non-hydrogen) atoms. The lowest BCUT2D eigenvalue weighted by molar-refractivity contribution is -0.139. The van der Waals surface area contributed by atoms with Gasteiger partial charge in [0.25, 0.3) is 0 Å². The van der Waals surface area contributed by atoms with Gasteiger partial charge in [-0.15, -0.1) is 0 Å². The number of ether oxygens (including phenoxy) is 1. The van der Waals surface area contributed by atoms with E-state index in [4.69, 9.17) is 0 Å². The first kappa shape index (κ1) is 15.7. The maximum atomic E-state index is 11.1. The van der Waals surface area contributed by atoms with Gasteiger partial charge in [-0.2, -0.15) is 0 Å². The van der Waals surface area contributed by atoms with E-state index in [-0.39, 0.29) is 5.97 Å². The predicted molar refractivity (Wildman–Crippen MR) is 79.2 cm³/mol. The summed E-state index contributed by atoms with van der Waals surface area (Å²) in [5.74, 6) is -0.177. The number of hydrogen-bond donors (Lipinski definition) is 0. The summed E-state index contributed by atoms with van der Waals surface area (Å²) in [7, 11) is 1.43. The summed E-state index contributed by atoms with van der Waals surface area (Å²) in [5, 5.41) is 0. The monoisotopic (exact) mass is 262 g/mol. The van der Waals surface area contributed by atoms with Crippen LogP contribution in [0.2, 0.25) is 0 Å². The number of benzene rings is 1. The SMILES string of the molecule is CCCCCCCCc1ccc(CC(=O)OC)cc1. The fraction of sp³-hybridized carbons (Fsp3) is 0.588. The number of unbranched alkanes of at least 4 members (excludes halogenated alkanes) is 5. The van der Waals surface area contributed by atoms with Crippen molar-refractivity contribution in [2.24, 2.45) is 0 Å². The molecular weight excluding hydrogens is 236 g/mol. The lowest BCUT2D eigenvalue weighted by Crippen LogP contribution is -2.04. The number of hydrogen-bond acceptors (Lipinski definition) is 2. The van der Waals surface area contributed by atoms with Crippen LogP contribution in [-0.2, 0) is 22.4 Å². The molecule has 0 saturated heterocycles. The minimum atomic E-state index is -0.177. The van der Waals surface area contributed by atoms with E-state index in [1.807, 2.05) is 12.1 Å². The summed E-state index contributed by atoms with van der Waals surface area (Å²) >= 11 is 0. The molecule has 0 N–H and O–H groups in total. The van der Waals surface area contributed by atoms with Crippen LogP contribution in [0.3, 0.4) is 0 Å². The third-order valence-corrected chi connectivity index (χ3v) is 3.42. The van der Waals surface area contributed by atoms with Gasteiger partial charge in [0.2, 0.25) is 0 Å². The van der Waals surface area contributed by atoms with Crippen LogP contribution in [0, 0.1) is 0 Å². The van der Waals surface area contributed by atoms with Gasteiger partial charge in [-0.1, -0.05) is 63.3 Å². The van der Waals surface area contributed by atoms with Gasteiger partial charge in [-0.3, -0.25) is 4.79 Å². The van der Waals surface area contributed by atoms with Gasteiger partial charge >= 0.3 is 5.97 Å². The summed E-state index contributed by atoms with van der Waals surface area (Å²) in [6.07, 6.45) is 9.50. The third kappa shape index (κ3) is 7.00. The molecule has 0 unspecified atom stereocenters. The largest absolute Gasteiger partial charge is 0.469 e. The van der Waals surface area contributed by atoms with Crippen LogP contribution in [0.4, 0.5) is 0 Å². The zero-order valence-corrected chi connectivity index (χ0v) is 12.3. The molecule has 1 aromatic carbocycles. The first-order valence-corrected chi connectivity index (χ1v) is 7.41. The highest BCUT2D eigenvalue weighted by Gasteiger charge is 2.02. The molecule has 0 aromatic heterocycles. The van der Waals surface area contributed by atoms with Crippen molar-refractivity contribution in [2.75, 3.05) is 7.11 Å². The first-order chi connectivity index (χ1) is 9.26. The zero-order chi connectivity index (χ0) is 13.9. The van der Waals surface area contributed by atoms with Crippen molar-refractivity contribution in [1.29, 1.82) is 0 Å². The van der Waals surface area contributed by atoms with Crippen LogP contribution in [0.25, 0.3) is 0 Å². The van der Waals surface area contributed by atoms with Crippen LogP contribution in [-0.4, -0.2) is 13.1 Å². The normalized spacial score (nSPS) is 10.4. The molecule has 1 aromatic rings. The van der Waals surface area contributed by atoms with Crippen molar-refractivity contribution in [3.8, 4) is 0 Å². The number of carbonyl (C=O) groups excluding carboxylic acids is 1. The minimum absolute atomic E-state index is 0.177. The molecule has 0 aliphatic heterocycles. The summed E-state index contributed by atoms with van der Waals surface area (Å²) in [6, 6.07) is 8.32. The molecule has 0 saturated carbocycles. The number of esters is 1. The Bertz CT molecular complexity index is 354. The molecule has 0 spiro atoms. The molecule has 0 amide bonds. The molecule has 2 heteroatoms. The van der Waals surface area contributed by atoms with Gasteiger partial charge < -0.3 is 4.74 Å². The second kappa shape index (κ2) is 9.60. The highest BCUT2D eigenvalue weighted by Crippen LogP contribution is 2.11. The molecule has 2 nitrogen and oxygen atoms in total. The van der Waals surface area contributed by atoms with Crippen molar-refractivity contribution < 1.29 is 9.53 Å². The van der Waals surface area contributed by atoms with Gasteiger partial charge in [0.15, 0.2) is 0 Å². The fourth-order valence-corrected chi connectivity index (χ4v) is 2.17. The van der Waals surface area contributed by atoms with E-state index >= 15 is 0 Å². The first-order valence-electron chi connectivity index (χ1n) is 7.41. The van der Waals surface area contributed by atoms with E-state index in [1.165, 1.54) is 51.2 Å². The van der Waals surface area contributed by atoms with Crippen LogP contribution in [0.5, 0.6) is 0 Å². The van der Waals surface area contributed by atoms with Crippen LogP contribution >= 0.6 is 0 Å². The number of methoxy groups -OCH3 is 1. The van der Waals surface area contributed by atoms with Crippen LogP contribution in [0.15, 0.2) is 24.3 Å². The smallest absolute Gasteiger partial charge is 0.309 e. The molecule has 106 valence electrons.